The smallest absolute Gasteiger partial charge is 0.292 e. The average molecular weight is 265 g/mol. The first-order valence-corrected chi connectivity index (χ1v) is 6.50. The monoisotopic (exact) mass is 265 g/mol. The number of hydrogen-bond acceptors (Lipinski definition) is 5. The number of morpholine rings is 1. The van der Waals surface area contributed by atoms with E-state index in [1.54, 1.807) is 6.07 Å². The molecule has 1 saturated heterocycles. The van der Waals surface area contributed by atoms with Gasteiger partial charge in [-0.15, -0.1) is 0 Å². The van der Waals surface area contributed by atoms with Crippen LogP contribution in [0.1, 0.15) is 12.0 Å². The van der Waals surface area contributed by atoms with Crippen LogP contribution in [0.15, 0.2) is 18.2 Å². The lowest BCUT2D eigenvalue weighted by Gasteiger charge is -2.26. The van der Waals surface area contributed by atoms with E-state index in [9.17, 15) is 10.1 Å². The van der Waals surface area contributed by atoms with Crippen molar-refractivity contribution in [3.63, 3.8) is 0 Å². The van der Waals surface area contributed by atoms with Crippen LogP contribution in [0.5, 0.6) is 0 Å². The molecule has 2 N–H and O–H groups in total. The Kier molecular flexibility index (Phi) is 4.70. The molecule has 1 heterocycles. The number of nitrogens with zero attached hydrogens (tertiary/aromatic N) is 2. The zero-order chi connectivity index (χ0) is 13.7. The zero-order valence-corrected chi connectivity index (χ0v) is 10.9. The summed E-state index contributed by atoms with van der Waals surface area (Å²) in [5, 5.41) is 10.8. The van der Waals surface area contributed by atoms with Gasteiger partial charge in [0, 0.05) is 19.2 Å². The molecule has 1 aromatic carbocycles. The van der Waals surface area contributed by atoms with Crippen LogP contribution < -0.4 is 5.73 Å². The summed E-state index contributed by atoms with van der Waals surface area (Å²) >= 11 is 0. The van der Waals surface area contributed by atoms with E-state index < -0.39 is 4.92 Å². The first kappa shape index (κ1) is 13.8. The van der Waals surface area contributed by atoms with Crippen LogP contribution in [0.25, 0.3) is 0 Å². The standard InChI is InChI=1S/C13H19N3O3/c14-13-11(3-1-5-12(13)16(17)18)4-2-6-15-7-9-19-10-8-15/h1,3,5H,2,4,6-10,14H2. The Morgan fingerprint density at radius 3 is 2.79 bits per heavy atom. The van der Waals surface area contributed by atoms with E-state index in [-0.39, 0.29) is 5.69 Å². The van der Waals surface area contributed by atoms with Crippen LogP contribution in [0.4, 0.5) is 11.4 Å². The summed E-state index contributed by atoms with van der Waals surface area (Å²) in [6.45, 7) is 4.48. The van der Waals surface area contributed by atoms with Gasteiger partial charge in [-0.3, -0.25) is 15.0 Å². The first-order valence-electron chi connectivity index (χ1n) is 6.50. The maximum absolute atomic E-state index is 10.8. The Hall–Kier alpha value is -1.66. The highest BCUT2D eigenvalue weighted by molar-refractivity contribution is 5.62. The maximum atomic E-state index is 10.8. The molecule has 0 bridgehead atoms. The molecule has 0 aromatic heterocycles. The van der Waals surface area contributed by atoms with Crippen LogP contribution >= 0.6 is 0 Å². The molecule has 0 radical (unpaired) electrons. The number of nitro groups is 1. The molecule has 0 amide bonds. The number of aryl methyl sites for hydroxylation is 1. The van der Waals surface area contributed by atoms with E-state index in [2.05, 4.69) is 4.90 Å². The quantitative estimate of drug-likeness (QED) is 0.495. The van der Waals surface area contributed by atoms with Crippen LogP contribution in [-0.4, -0.2) is 42.7 Å². The fourth-order valence-electron chi connectivity index (χ4n) is 2.29. The second-order valence-electron chi connectivity index (χ2n) is 4.66. The summed E-state index contributed by atoms with van der Waals surface area (Å²) < 4.78 is 5.29. The molecule has 6 heteroatoms. The van der Waals surface area contributed by atoms with Gasteiger partial charge in [0.2, 0.25) is 0 Å². The number of nitrogens with two attached hydrogens (primary N) is 1. The van der Waals surface area contributed by atoms with Crippen LogP contribution in [-0.2, 0) is 11.2 Å². The number of nitrogen functional groups attached to an aromatic ring is 1. The third kappa shape index (κ3) is 3.65. The lowest BCUT2D eigenvalue weighted by molar-refractivity contribution is -0.383. The van der Waals surface area contributed by atoms with Crippen molar-refractivity contribution in [3.8, 4) is 0 Å². The molecule has 19 heavy (non-hydrogen) atoms. The highest BCUT2D eigenvalue weighted by atomic mass is 16.6. The van der Waals surface area contributed by atoms with Crippen LogP contribution in [0, 0.1) is 10.1 Å². The number of nitro benzene ring substituents is 1. The molecule has 6 nitrogen and oxygen atoms in total. The van der Waals surface area contributed by atoms with E-state index in [1.807, 2.05) is 6.07 Å². The fourth-order valence-corrected chi connectivity index (χ4v) is 2.29. The number of para-hydroxylation sites is 1. The van der Waals surface area contributed by atoms with E-state index in [1.165, 1.54) is 6.07 Å². The number of ether oxygens (including phenoxy) is 1. The van der Waals surface area contributed by atoms with Crippen molar-refractivity contribution in [1.29, 1.82) is 0 Å². The van der Waals surface area contributed by atoms with Gasteiger partial charge in [0.05, 0.1) is 18.1 Å². The van der Waals surface area contributed by atoms with E-state index >= 15 is 0 Å². The Morgan fingerprint density at radius 1 is 1.37 bits per heavy atom. The average Bonchev–Trinajstić information content (AvgIpc) is 2.41. The van der Waals surface area contributed by atoms with E-state index in [0.717, 1.165) is 51.3 Å². The van der Waals surface area contributed by atoms with Crippen molar-refractivity contribution < 1.29 is 9.66 Å². The topological polar surface area (TPSA) is 81.6 Å². The minimum atomic E-state index is -0.430. The van der Waals surface area contributed by atoms with E-state index in [4.69, 9.17) is 10.5 Å². The minimum absolute atomic E-state index is 0.00359. The largest absolute Gasteiger partial charge is 0.393 e. The number of hydrogen-bond donors (Lipinski definition) is 1. The molecule has 0 atom stereocenters. The Bertz CT molecular complexity index is 445. The second-order valence-corrected chi connectivity index (χ2v) is 4.66. The normalized spacial score (nSPS) is 16.4. The van der Waals surface area contributed by atoms with Gasteiger partial charge in [-0.25, -0.2) is 0 Å². The summed E-state index contributed by atoms with van der Waals surface area (Å²) in [5.41, 5.74) is 7.00. The fraction of sp³-hybridized carbons (Fsp3) is 0.538. The summed E-state index contributed by atoms with van der Waals surface area (Å²) in [4.78, 5) is 12.7. The second kappa shape index (κ2) is 6.49. The van der Waals surface area contributed by atoms with Crippen molar-refractivity contribution in [3.05, 3.63) is 33.9 Å². The molecule has 104 valence electrons. The van der Waals surface area contributed by atoms with Gasteiger partial charge in [0.1, 0.15) is 5.69 Å². The summed E-state index contributed by atoms with van der Waals surface area (Å²) in [6.07, 6.45) is 1.72. The minimum Gasteiger partial charge on any atom is -0.393 e. The van der Waals surface area contributed by atoms with Gasteiger partial charge in [-0.05, 0) is 24.9 Å². The van der Waals surface area contributed by atoms with Gasteiger partial charge in [0.25, 0.3) is 5.69 Å². The van der Waals surface area contributed by atoms with Gasteiger partial charge in [-0.1, -0.05) is 12.1 Å². The molecular formula is C13H19N3O3. The van der Waals surface area contributed by atoms with Crippen molar-refractivity contribution in [2.75, 3.05) is 38.6 Å². The molecule has 0 spiro atoms. The number of anilines is 1. The third-order valence-electron chi connectivity index (χ3n) is 3.39. The Morgan fingerprint density at radius 2 is 2.11 bits per heavy atom. The summed E-state index contributed by atoms with van der Waals surface area (Å²) in [6, 6.07) is 5.00. The van der Waals surface area contributed by atoms with Crippen LogP contribution in [0.3, 0.4) is 0 Å². The van der Waals surface area contributed by atoms with Crippen molar-refractivity contribution in [2.24, 2.45) is 0 Å². The molecule has 0 aliphatic carbocycles. The zero-order valence-electron chi connectivity index (χ0n) is 10.9. The van der Waals surface area contributed by atoms with Crippen molar-refractivity contribution >= 4 is 11.4 Å². The predicted octanol–water partition coefficient (Wildman–Crippen LogP) is 1.44. The highest BCUT2D eigenvalue weighted by Gasteiger charge is 2.14. The predicted molar refractivity (Wildman–Crippen MR) is 73.1 cm³/mol. The summed E-state index contributed by atoms with van der Waals surface area (Å²) in [5.74, 6) is 0. The van der Waals surface area contributed by atoms with Crippen molar-refractivity contribution in [1.82, 2.24) is 4.90 Å². The molecule has 1 aromatic rings. The highest BCUT2D eigenvalue weighted by Crippen LogP contribution is 2.25. The van der Waals surface area contributed by atoms with Crippen molar-refractivity contribution in [2.45, 2.75) is 12.8 Å². The maximum Gasteiger partial charge on any atom is 0.292 e. The lowest BCUT2D eigenvalue weighted by Crippen LogP contribution is -2.36. The third-order valence-corrected chi connectivity index (χ3v) is 3.39. The molecule has 1 fully saturated rings. The van der Waals surface area contributed by atoms with Gasteiger partial charge < -0.3 is 10.5 Å². The molecular weight excluding hydrogens is 246 g/mol. The van der Waals surface area contributed by atoms with Gasteiger partial charge in [0.15, 0.2) is 0 Å². The molecule has 1 aliphatic rings. The number of benzene rings is 1. The van der Waals surface area contributed by atoms with E-state index in [0.29, 0.717) is 5.69 Å². The van der Waals surface area contributed by atoms with Gasteiger partial charge >= 0.3 is 0 Å². The molecule has 1 aliphatic heterocycles. The Labute approximate surface area is 112 Å². The first-order chi connectivity index (χ1) is 9.18. The SMILES string of the molecule is Nc1c(CCCN2CCOCC2)cccc1[N+](=O)[O-]. The van der Waals surface area contributed by atoms with Gasteiger partial charge in [-0.2, -0.15) is 0 Å². The molecule has 0 saturated carbocycles. The Balaban J connectivity index is 1.88. The number of rotatable bonds is 5. The summed E-state index contributed by atoms with van der Waals surface area (Å²) in [7, 11) is 0. The van der Waals surface area contributed by atoms with Crippen LogP contribution in [0.2, 0.25) is 0 Å². The molecule has 2 rings (SSSR count). The lowest BCUT2D eigenvalue weighted by atomic mass is 10.1. The molecule has 0 unspecified atom stereocenters.